The summed E-state index contributed by atoms with van der Waals surface area (Å²) in [6, 6.07) is 11.8. The highest BCUT2D eigenvalue weighted by atomic mass is 35.5. The Hall–Kier alpha value is -2.28. The van der Waals surface area contributed by atoms with Gasteiger partial charge in [0.1, 0.15) is 0 Å². The predicted molar refractivity (Wildman–Crippen MR) is 112 cm³/mol. The Bertz CT molecular complexity index is 1080. The van der Waals surface area contributed by atoms with Gasteiger partial charge in [-0.3, -0.25) is 14.2 Å². The first-order chi connectivity index (χ1) is 13.0. The van der Waals surface area contributed by atoms with Crippen LogP contribution in [0.4, 0.5) is 5.69 Å². The van der Waals surface area contributed by atoms with Crippen LogP contribution < -0.4 is 10.9 Å². The Morgan fingerprint density at radius 1 is 1.22 bits per heavy atom. The first kappa shape index (κ1) is 19.5. The molecule has 0 radical (unpaired) electrons. The Balaban J connectivity index is 1.84. The van der Waals surface area contributed by atoms with E-state index in [0.717, 1.165) is 0 Å². The average molecular weight is 420 g/mol. The van der Waals surface area contributed by atoms with E-state index in [-0.39, 0.29) is 17.2 Å². The van der Waals surface area contributed by atoms with Gasteiger partial charge in [-0.2, -0.15) is 0 Å². The fourth-order valence-corrected chi connectivity index (χ4v) is 3.63. The standard InChI is InChI=1S/C19H15Cl2N3O2S/c1-2-8-24-18(26)15-7-6-13(21)10-16(15)23-19(24)27-11-17(25)22-14-5-3-4-12(20)9-14/h2-7,9-10H,1,8,11H2,(H,22,25). The summed E-state index contributed by atoms with van der Waals surface area (Å²) in [6.07, 6.45) is 1.61. The molecule has 0 saturated heterocycles. The first-order valence-electron chi connectivity index (χ1n) is 7.97. The quantitative estimate of drug-likeness (QED) is 0.359. The number of amides is 1. The second-order valence-corrected chi connectivity index (χ2v) is 7.42. The van der Waals surface area contributed by atoms with Crippen molar-refractivity contribution in [1.82, 2.24) is 9.55 Å². The topological polar surface area (TPSA) is 64.0 Å². The van der Waals surface area contributed by atoms with E-state index in [1.54, 1.807) is 48.5 Å². The Labute approximate surface area is 170 Å². The first-order valence-corrected chi connectivity index (χ1v) is 9.71. The van der Waals surface area contributed by atoms with E-state index in [4.69, 9.17) is 23.2 Å². The van der Waals surface area contributed by atoms with Crippen molar-refractivity contribution in [2.45, 2.75) is 11.7 Å². The molecule has 1 aromatic heterocycles. The summed E-state index contributed by atoms with van der Waals surface area (Å²) in [5.41, 5.74) is 0.898. The molecule has 138 valence electrons. The van der Waals surface area contributed by atoms with Crippen molar-refractivity contribution < 1.29 is 4.79 Å². The van der Waals surface area contributed by atoms with Crippen molar-refractivity contribution in [2.24, 2.45) is 0 Å². The van der Waals surface area contributed by atoms with E-state index in [1.165, 1.54) is 16.3 Å². The normalized spacial score (nSPS) is 10.7. The third kappa shape index (κ3) is 4.71. The lowest BCUT2D eigenvalue weighted by Gasteiger charge is -2.11. The summed E-state index contributed by atoms with van der Waals surface area (Å²) in [7, 11) is 0. The predicted octanol–water partition coefficient (Wildman–Crippen LogP) is 4.62. The number of anilines is 1. The van der Waals surface area contributed by atoms with E-state index < -0.39 is 0 Å². The molecule has 0 saturated carbocycles. The van der Waals surface area contributed by atoms with Crippen LogP contribution in [0.3, 0.4) is 0 Å². The smallest absolute Gasteiger partial charge is 0.262 e. The number of aromatic nitrogens is 2. The molecule has 0 fully saturated rings. The molecule has 1 amide bonds. The van der Waals surface area contributed by atoms with Crippen LogP contribution in [0.25, 0.3) is 10.9 Å². The van der Waals surface area contributed by atoms with Gasteiger partial charge in [0.25, 0.3) is 5.56 Å². The molecule has 3 rings (SSSR count). The molecule has 0 bridgehead atoms. The maximum Gasteiger partial charge on any atom is 0.262 e. The molecule has 3 aromatic rings. The lowest BCUT2D eigenvalue weighted by molar-refractivity contribution is -0.113. The molecule has 0 spiro atoms. The minimum Gasteiger partial charge on any atom is -0.325 e. The number of nitrogens with zero attached hydrogens (tertiary/aromatic N) is 2. The molecule has 8 heteroatoms. The number of halogens is 2. The van der Waals surface area contributed by atoms with Gasteiger partial charge in [-0.05, 0) is 36.4 Å². The Morgan fingerprint density at radius 3 is 2.74 bits per heavy atom. The zero-order valence-electron chi connectivity index (χ0n) is 14.1. The molecule has 5 nitrogen and oxygen atoms in total. The summed E-state index contributed by atoms with van der Waals surface area (Å²) in [5.74, 6) is -0.143. The fourth-order valence-electron chi connectivity index (χ4n) is 2.47. The highest BCUT2D eigenvalue weighted by Gasteiger charge is 2.13. The van der Waals surface area contributed by atoms with Gasteiger partial charge in [0.05, 0.1) is 16.7 Å². The number of hydrogen-bond acceptors (Lipinski definition) is 4. The second kappa shape index (κ2) is 8.61. The minimum atomic E-state index is -0.229. The van der Waals surface area contributed by atoms with Crippen LogP contribution >= 0.6 is 35.0 Å². The molecule has 1 heterocycles. The third-order valence-electron chi connectivity index (χ3n) is 3.63. The summed E-state index contributed by atoms with van der Waals surface area (Å²) in [6.45, 7) is 3.98. The highest BCUT2D eigenvalue weighted by molar-refractivity contribution is 7.99. The number of benzene rings is 2. The van der Waals surface area contributed by atoms with Gasteiger partial charge >= 0.3 is 0 Å². The summed E-state index contributed by atoms with van der Waals surface area (Å²) < 4.78 is 1.49. The molecule has 1 N–H and O–H groups in total. The molecule has 0 aliphatic heterocycles. The van der Waals surface area contributed by atoms with Crippen molar-refractivity contribution in [3.8, 4) is 0 Å². The largest absolute Gasteiger partial charge is 0.325 e. The van der Waals surface area contributed by atoms with E-state index in [2.05, 4.69) is 16.9 Å². The van der Waals surface area contributed by atoms with Crippen LogP contribution in [-0.2, 0) is 11.3 Å². The maximum absolute atomic E-state index is 12.7. The van der Waals surface area contributed by atoms with Crippen molar-refractivity contribution >= 4 is 57.5 Å². The van der Waals surface area contributed by atoms with Crippen molar-refractivity contribution in [2.75, 3.05) is 11.1 Å². The molecule has 2 aromatic carbocycles. The Kier molecular flexibility index (Phi) is 6.21. The van der Waals surface area contributed by atoms with Crippen LogP contribution in [-0.4, -0.2) is 21.2 Å². The number of hydrogen-bond donors (Lipinski definition) is 1. The van der Waals surface area contributed by atoms with Gasteiger partial charge in [-0.25, -0.2) is 4.98 Å². The average Bonchev–Trinajstić information content (AvgIpc) is 2.62. The van der Waals surface area contributed by atoms with Gasteiger partial charge in [-0.15, -0.1) is 6.58 Å². The van der Waals surface area contributed by atoms with E-state index in [1.807, 2.05) is 0 Å². The van der Waals surface area contributed by atoms with Crippen LogP contribution in [0, 0.1) is 0 Å². The van der Waals surface area contributed by atoms with Gasteiger partial charge in [0.2, 0.25) is 5.91 Å². The zero-order chi connectivity index (χ0) is 19.4. The number of allylic oxidation sites excluding steroid dienone is 1. The lowest BCUT2D eigenvalue weighted by atomic mass is 10.2. The number of carbonyl (C=O) groups excluding carboxylic acids is 1. The van der Waals surface area contributed by atoms with Crippen LogP contribution in [0.1, 0.15) is 0 Å². The molecule has 0 atom stereocenters. The fraction of sp³-hybridized carbons (Fsp3) is 0.105. The monoisotopic (exact) mass is 419 g/mol. The number of carbonyl (C=O) groups is 1. The molecule has 0 unspecified atom stereocenters. The maximum atomic E-state index is 12.7. The SMILES string of the molecule is C=CCn1c(SCC(=O)Nc2cccc(Cl)c2)nc2cc(Cl)ccc2c1=O. The van der Waals surface area contributed by atoms with Crippen molar-refractivity contribution in [3.05, 3.63) is 75.5 Å². The van der Waals surface area contributed by atoms with Gasteiger partial charge in [0, 0.05) is 22.3 Å². The van der Waals surface area contributed by atoms with Crippen LogP contribution in [0.15, 0.2) is 65.1 Å². The van der Waals surface area contributed by atoms with Crippen LogP contribution in [0.2, 0.25) is 10.0 Å². The number of rotatable bonds is 6. The lowest BCUT2D eigenvalue weighted by Crippen LogP contribution is -2.23. The van der Waals surface area contributed by atoms with Gasteiger partial charge in [-0.1, -0.05) is 47.1 Å². The molecular formula is C19H15Cl2N3O2S. The Morgan fingerprint density at radius 2 is 2.00 bits per heavy atom. The van der Waals surface area contributed by atoms with E-state index in [0.29, 0.717) is 38.3 Å². The summed E-state index contributed by atoms with van der Waals surface area (Å²) in [5, 5.41) is 4.68. The van der Waals surface area contributed by atoms with E-state index in [9.17, 15) is 9.59 Å². The van der Waals surface area contributed by atoms with Crippen LogP contribution in [0.5, 0.6) is 0 Å². The zero-order valence-corrected chi connectivity index (χ0v) is 16.4. The molecular weight excluding hydrogens is 405 g/mol. The molecule has 27 heavy (non-hydrogen) atoms. The van der Waals surface area contributed by atoms with Gasteiger partial charge in [0.15, 0.2) is 5.16 Å². The highest BCUT2D eigenvalue weighted by Crippen LogP contribution is 2.21. The minimum absolute atomic E-state index is 0.0855. The number of thioether (sulfide) groups is 1. The van der Waals surface area contributed by atoms with Crippen molar-refractivity contribution in [1.29, 1.82) is 0 Å². The number of nitrogens with one attached hydrogen (secondary N) is 1. The third-order valence-corrected chi connectivity index (χ3v) is 5.08. The molecule has 0 aliphatic carbocycles. The summed E-state index contributed by atoms with van der Waals surface area (Å²) >= 11 is 13.1. The van der Waals surface area contributed by atoms with E-state index >= 15 is 0 Å². The second-order valence-electron chi connectivity index (χ2n) is 5.61. The summed E-state index contributed by atoms with van der Waals surface area (Å²) in [4.78, 5) is 29.5. The van der Waals surface area contributed by atoms with Crippen molar-refractivity contribution in [3.63, 3.8) is 0 Å². The number of fused-ring (bicyclic) bond motifs is 1. The van der Waals surface area contributed by atoms with Gasteiger partial charge < -0.3 is 5.32 Å². The molecule has 0 aliphatic rings.